The predicted octanol–water partition coefficient (Wildman–Crippen LogP) is 3.15. The first-order valence-electron chi connectivity index (χ1n) is 7.30. The van der Waals surface area contributed by atoms with Crippen LogP contribution in [0, 0.1) is 13.8 Å². The van der Waals surface area contributed by atoms with Crippen molar-refractivity contribution in [2.24, 2.45) is 0 Å². The monoisotopic (exact) mass is 316 g/mol. The van der Waals surface area contributed by atoms with E-state index >= 15 is 0 Å². The zero-order valence-corrected chi connectivity index (χ0v) is 13.6. The number of rotatable bonds is 4. The van der Waals surface area contributed by atoms with Crippen molar-refractivity contribution in [3.63, 3.8) is 0 Å². The molecule has 6 nitrogen and oxygen atoms in total. The van der Waals surface area contributed by atoms with Gasteiger partial charge in [-0.05, 0) is 45.4 Å². The van der Waals surface area contributed by atoms with E-state index in [0.717, 1.165) is 0 Å². The Kier molecular flexibility index (Phi) is 4.74. The first kappa shape index (κ1) is 16.6. The molecule has 0 atom stereocenters. The Labute approximate surface area is 134 Å². The van der Waals surface area contributed by atoms with Crippen molar-refractivity contribution in [2.75, 3.05) is 5.32 Å². The number of carbonyl (C=O) groups is 2. The topological polar surface area (TPSA) is 91.4 Å². The summed E-state index contributed by atoms with van der Waals surface area (Å²) in [7, 11) is 0. The van der Waals surface area contributed by atoms with E-state index < -0.39 is 11.9 Å². The molecule has 1 aromatic heterocycles. The van der Waals surface area contributed by atoms with E-state index in [4.69, 9.17) is 4.74 Å². The van der Waals surface area contributed by atoms with Gasteiger partial charge in [-0.15, -0.1) is 0 Å². The highest BCUT2D eigenvalue weighted by Gasteiger charge is 2.24. The number of ether oxygens (including phenoxy) is 1. The number of anilines is 1. The maximum absolute atomic E-state index is 12.4. The van der Waals surface area contributed by atoms with E-state index in [-0.39, 0.29) is 17.5 Å². The maximum atomic E-state index is 12.4. The summed E-state index contributed by atoms with van der Waals surface area (Å²) in [6.45, 7) is 6.92. The van der Waals surface area contributed by atoms with Gasteiger partial charge in [0.1, 0.15) is 11.4 Å². The van der Waals surface area contributed by atoms with Gasteiger partial charge in [-0.25, -0.2) is 4.79 Å². The summed E-state index contributed by atoms with van der Waals surface area (Å²) < 4.78 is 5.20. The molecular weight excluding hydrogens is 296 g/mol. The fourth-order valence-electron chi connectivity index (χ4n) is 2.32. The number of hydrogen-bond acceptors (Lipinski definition) is 4. The van der Waals surface area contributed by atoms with E-state index in [1.54, 1.807) is 45.9 Å². The molecule has 0 saturated carbocycles. The van der Waals surface area contributed by atoms with Crippen LogP contribution in [0.4, 0.5) is 5.69 Å². The minimum absolute atomic E-state index is 0.0266. The van der Waals surface area contributed by atoms with Crippen molar-refractivity contribution < 1.29 is 19.4 Å². The lowest BCUT2D eigenvalue weighted by molar-refractivity contribution is 0.0376. The Balaban J connectivity index is 2.29. The second kappa shape index (κ2) is 6.56. The van der Waals surface area contributed by atoms with Crippen molar-refractivity contribution in [1.82, 2.24) is 4.98 Å². The van der Waals surface area contributed by atoms with Gasteiger partial charge in [0.05, 0.1) is 17.4 Å². The van der Waals surface area contributed by atoms with E-state index in [2.05, 4.69) is 10.3 Å². The molecule has 3 N–H and O–H groups in total. The fraction of sp³-hybridized carbons (Fsp3) is 0.294. The number of aromatic hydroxyl groups is 1. The van der Waals surface area contributed by atoms with Gasteiger partial charge >= 0.3 is 5.97 Å². The molecule has 0 saturated heterocycles. The van der Waals surface area contributed by atoms with Crippen LogP contribution in [-0.2, 0) is 4.74 Å². The molecule has 6 heteroatoms. The number of hydrogen-bond donors (Lipinski definition) is 3. The quantitative estimate of drug-likeness (QED) is 0.597. The molecule has 0 bridgehead atoms. The molecule has 0 aliphatic rings. The van der Waals surface area contributed by atoms with Crippen LogP contribution in [0.25, 0.3) is 0 Å². The van der Waals surface area contributed by atoms with Crippen LogP contribution < -0.4 is 5.32 Å². The molecule has 0 fully saturated rings. The van der Waals surface area contributed by atoms with Gasteiger partial charge < -0.3 is 20.1 Å². The molecule has 0 aliphatic carbocycles. The lowest BCUT2D eigenvalue weighted by atomic mass is 10.1. The first-order chi connectivity index (χ1) is 10.8. The zero-order chi connectivity index (χ0) is 17.1. The Morgan fingerprint density at radius 1 is 1.22 bits per heavy atom. The first-order valence-corrected chi connectivity index (χ1v) is 7.30. The number of aryl methyl sites for hydroxylation is 1. The lowest BCUT2D eigenvalue weighted by Gasteiger charge is -2.08. The third-order valence-electron chi connectivity index (χ3n) is 3.36. The molecule has 1 amide bonds. The van der Waals surface area contributed by atoms with Crippen molar-refractivity contribution in [3.8, 4) is 5.75 Å². The third-order valence-corrected chi connectivity index (χ3v) is 3.36. The average Bonchev–Trinajstić information content (AvgIpc) is 2.75. The number of carbonyl (C=O) groups excluding carboxylic acids is 2. The molecule has 2 aromatic rings. The molecule has 2 rings (SSSR count). The van der Waals surface area contributed by atoms with Crippen LogP contribution >= 0.6 is 0 Å². The van der Waals surface area contributed by atoms with Gasteiger partial charge in [0.2, 0.25) is 0 Å². The van der Waals surface area contributed by atoms with Crippen LogP contribution in [0.15, 0.2) is 24.3 Å². The highest BCUT2D eigenvalue weighted by atomic mass is 16.5. The molecule has 0 aliphatic heterocycles. The van der Waals surface area contributed by atoms with Crippen LogP contribution in [0.3, 0.4) is 0 Å². The highest BCUT2D eigenvalue weighted by Crippen LogP contribution is 2.24. The minimum Gasteiger partial charge on any atom is -0.506 e. The number of esters is 1. The Bertz CT molecular complexity index is 747. The number of aromatic nitrogens is 1. The number of aromatic amines is 1. The highest BCUT2D eigenvalue weighted by molar-refractivity contribution is 6.07. The van der Waals surface area contributed by atoms with Crippen LogP contribution in [-0.4, -0.2) is 28.1 Å². The van der Waals surface area contributed by atoms with Crippen molar-refractivity contribution in [1.29, 1.82) is 0 Å². The standard InChI is InChI=1S/C17H20N2O4/c1-9(2)23-17(22)14-10(3)15(18-11(14)4)16(21)19-12-7-5-6-8-13(12)20/h5-9,18,20H,1-4H3,(H,19,21). The summed E-state index contributed by atoms with van der Waals surface area (Å²) >= 11 is 0. The van der Waals surface area contributed by atoms with E-state index in [1.807, 2.05) is 0 Å². The second-order valence-corrected chi connectivity index (χ2v) is 5.55. The second-order valence-electron chi connectivity index (χ2n) is 5.55. The Morgan fingerprint density at radius 2 is 1.87 bits per heavy atom. The van der Waals surface area contributed by atoms with E-state index in [9.17, 15) is 14.7 Å². The number of amides is 1. The zero-order valence-electron chi connectivity index (χ0n) is 13.6. The van der Waals surface area contributed by atoms with Gasteiger partial charge in [0.25, 0.3) is 5.91 Å². The molecule has 0 unspecified atom stereocenters. The number of H-pyrrole nitrogens is 1. The van der Waals surface area contributed by atoms with Crippen LogP contribution in [0.2, 0.25) is 0 Å². The summed E-state index contributed by atoms with van der Waals surface area (Å²) in [5.74, 6) is -0.926. The number of phenolic OH excluding ortho intramolecular Hbond substituents is 1. The summed E-state index contributed by atoms with van der Waals surface area (Å²) in [6, 6.07) is 6.43. The fourth-order valence-corrected chi connectivity index (χ4v) is 2.32. The van der Waals surface area contributed by atoms with Crippen molar-refractivity contribution >= 4 is 17.6 Å². The molecule has 122 valence electrons. The third kappa shape index (κ3) is 3.53. The van der Waals surface area contributed by atoms with Gasteiger partial charge in [0.15, 0.2) is 0 Å². The number of nitrogens with one attached hydrogen (secondary N) is 2. The summed E-state index contributed by atoms with van der Waals surface area (Å²) in [5, 5.41) is 12.3. The Morgan fingerprint density at radius 3 is 2.48 bits per heavy atom. The smallest absolute Gasteiger partial charge is 0.340 e. The van der Waals surface area contributed by atoms with Crippen LogP contribution in [0.1, 0.15) is 46.0 Å². The Hall–Kier alpha value is -2.76. The van der Waals surface area contributed by atoms with Crippen molar-refractivity contribution in [2.45, 2.75) is 33.8 Å². The molecule has 1 aromatic carbocycles. The van der Waals surface area contributed by atoms with E-state index in [1.165, 1.54) is 6.07 Å². The summed E-state index contributed by atoms with van der Waals surface area (Å²) in [5.41, 5.74) is 2.01. The number of para-hydroxylation sites is 2. The lowest BCUT2D eigenvalue weighted by Crippen LogP contribution is -2.15. The number of phenols is 1. The van der Waals surface area contributed by atoms with Crippen molar-refractivity contribution in [3.05, 3.63) is 46.8 Å². The van der Waals surface area contributed by atoms with Crippen LogP contribution in [0.5, 0.6) is 5.75 Å². The predicted molar refractivity (Wildman–Crippen MR) is 86.9 cm³/mol. The largest absolute Gasteiger partial charge is 0.506 e. The maximum Gasteiger partial charge on any atom is 0.340 e. The molecular formula is C17H20N2O4. The SMILES string of the molecule is Cc1[nH]c(C(=O)Nc2ccccc2O)c(C)c1C(=O)OC(C)C. The van der Waals surface area contributed by atoms with Gasteiger partial charge in [-0.2, -0.15) is 0 Å². The number of benzene rings is 1. The van der Waals surface area contributed by atoms with E-state index in [0.29, 0.717) is 22.5 Å². The molecule has 1 heterocycles. The van der Waals surface area contributed by atoms with Gasteiger partial charge in [-0.3, -0.25) is 4.79 Å². The molecule has 23 heavy (non-hydrogen) atoms. The minimum atomic E-state index is -0.465. The molecule has 0 radical (unpaired) electrons. The summed E-state index contributed by atoms with van der Waals surface area (Å²) in [4.78, 5) is 27.4. The van der Waals surface area contributed by atoms with Gasteiger partial charge in [-0.1, -0.05) is 12.1 Å². The molecule has 0 spiro atoms. The summed E-state index contributed by atoms with van der Waals surface area (Å²) in [6.07, 6.45) is -0.241. The average molecular weight is 316 g/mol. The normalized spacial score (nSPS) is 10.7. The van der Waals surface area contributed by atoms with Gasteiger partial charge in [0, 0.05) is 5.69 Å².